The molecule has 43 heavy (non-hydrogen) atoms. The lowest BCUT2D eigenvalue weighted by Gasteiger charge is -2.26. The lowest BCUT2D eigenvalue weighted by molar-refractivity contribution is -0.137. The van der Waals surface area contributed by atoms with Crippen molar-refractivity contribution in [1.82, 2.24) is 14.6 Å². The summed E-state index contributed by atoms with van der Waals surface area (Å²) in [6.45, 7) is 5.98. The van der Waals surface area contributed by atoms with Crippen LogP contribution in [-0.4, -0.2) is 66.6 Å². The van der Waals surface area contributed by atoms with Crippen molar-refractivity contribution in [3.63, 3.8) is 0 Å². The number of primary amides is 1. The van der Waals surface area contributed by atoms with Crippen LogP contribution in [0, 0.1) is 12.7 Å². The van der Waals surface area contributed by atoms with Gasteiger partial charge in [-0.2, -0.15) is 17.5 Å². The van der Waals surface area contributed by atoms with Crippen LogP contribution < -0.4 is 27.0 Å². The Morgan fingerprint density at radius 1 is 1.05 bits per heavy atom. The molecule has 1 aliphatic heterocycles. The van der Waals surface area contributed by atoms with Crippen LogP contribution in [-0.2, 0) is 10.9 Å². The van der Waals surface area contributed by atoms with E-state index in [2.05, 4.69) is 30.5 Å². The van der Waals surface area contributed by atoms with Gasteiger partial charge in [0.1, 0.15) is 11.4 Å². The Balaban J connectivity index is 1.39. The van der Waals surface area contributed by atoms with Gasteiger partial charge in [0.05, 0.1) is 29.3 Å². The number of rotatable bonds is 9. The molecule has 0 spiro atoms. The zero-order valence-electron chi connectivity index (χ0n) is 22.9. The summed E-state index contributed by atoms with van der Waals surface area (Å²) in [5.41, 5.74) is 5.23. The van der Waals surface area contributed by atoms with E-state index in [0.717, 1.165) is 37.6 Å². The van der Waals surface area contributed by atoms with Gasteiger partial charge in [-0.1, -0.05) is 6.07 Å². The van der Waals surface area contributed by atoms with Crippen LogP contribution in [0.2, 0.25) is 0 Å². The van der Waals surface area contributed by atoms with Gasteiger partial charge >= 0.3 is 18.2 Å². The third-order valence-corrected chi connectivity index (χ3v) is 7.36. The maximum Gasteiger partial charge on any atom is 0.416 e. The van der Waals surface area contributed by atoms with Gasteiger partial charge in [0.25, 0.3) is 5.91 Å². The maximum atomic E-state index is 14.0. The SMILES string of the molecule is Cc1cc(NC(=O)Nc2cc(C(F)(F)F)ccc2F)ccc1-c1snc(NC(=O)NCCCN2CCOCC2)c1C(N)=O. The van der Waals surface area contributed by atoms with Crippen molar-refractivity contribution in [3.05, 3.63) is 58.9 Å². The molecule has 0 radical (unpaired) electrons. The van der Waals surface area contributed by atoms with E-state index in [4.69, 9.17) is 10.5 Å². The number of hydrogen-bond donors (Lipinski definition) is 5. The summed E-state index contributed by atoms with van der Waals surface area (Å²) in [6.07, 6.45) is -3.98. The average Bonchev–Trinajstić information content (AvgIpc) is 3.35. The number of aromatic nitrogens is 1. The summed E-state index contributed by atoms with van der Waals surface area (Å²) in [6, 6.07) is 4.76. The molecule has 1 saturated heterocycles. The van der Waals surface area contributed by atoms with Gasteiger partial charge in [-0.25, -0.2) is 14.0 Å². The largest absolute Gasteiger partial charge is 0.416 e. The molecular weight excluding hydrogens is 594 g/mol. The van der Waals surface area contributed by atoms with Gasteiger partial charge < -0.3 is 26.4 Å². The average molecular weight is 624 g/mol. The smallest absolute Gasteiger partial charge is 0.379 e. The number of benzene rings is 2. The standard InChI is InChI=1S/C27H29F4N7O4S/c1-15-13-17(34-26(41)35-20-14-16(27(29,30)31)3-6-19(20)28)4-5-18(15)22-21(23(32)39)24(37-43-22)36-25(40)33-7-2-8-38-9-11-42-12-10-38/h3-6,13-14H,2,7-12H2,1H3,(H2,32,39)(H2,34,35,41)(H2,33,36,37,40). The minimum absolute atomic E-state index is 0.00210. The molecule has 2 heterocycles. The van der Waals surface area contributed by atoms with Crippen LogP contribution in [0.15, 0.2) is 36.4 Å². The lowest BCUT2D eigenvalue weighted by atomic mass is 10.0. The van der Waals surface area contributed by atoms with Crippen molar-refractivity contribution < 1.29 is 36.7 Å². The second-order valence-corrected chi connectivity index (χ2v) is 10.4. The molecule has 5 amide bonds. The number of morpholine rings is 1. The van der Waals surface area contributed by atoms with Crippen molar-refractivity contribution in [2.24, 2.45) is 5.73 Å². The molecule has 1 aliphatic rings. The van der Waals surface area contributed by atoms with Gasteiger partial charge in [-0.15, -0.1) is 0 Å². The minimum Gasteiger partial charge on any atom is -0.379 e. The summed E-state index contributed by atoms with van der Waals surface area (Å²) in [5.74, 6) is -1.84. The van der Waals surface area contributed by atoms with Crippen LogP contribution in [0.4, 0.5) is 44.3 Å². The molecule has 1 aromatic heterocycles. The molecule has 0 saturated carbocycles. The van der Waals surface area contributed by atoms with E-state index < -0.39 is 41.2 Å². The molecule has 4 rings (SSSR count). The van der Waals surface area contributed by atoms with Gasteiger partial charge in [-0.05, 0) is 72.9 Å². The van der Waals surface area contributed by atoms with Gasteiger partial charge in [0, 0.05) is 25.3 Å². The normalized spacial score (nSPS) is 13.8. The molecular formula is C27H29F4N7O4S. The topological polar surface area (TPSA) is 151 Å². The molecule has 11 nitrogen and oxygen atoms in total. The van der Waals surface area contributed by atoms with Crippen LogP contribution in [0.1, 0.15) is 27.9 Å². The van der Waals surface area contributed by atoms with E-state index in [-0.39, 0.29) is 17.1 Å². The number of carbonyl (C=O) groups excluding carboxylic acids is 3. The lowest BCUT2D eigenvalue weighted by Crippen LogP contribution is -2.38. The summed E-state index contributed by atoms with van der Waals surface area (Å²) in [7, 11) is 0. The van der Waals surface area contributed by atoms with Crippen LogP contribution in [0.3, 0.4) is 0 Å². The fraction of sp³-hybridized carbons (Fsp3) is 0.333. The molecule has 6 N–H and O–H groups in total. The van der Waals surface area contributed by atoms with E-state index in [0.29, 0.717) is 54.0 Å². The summed E-state index contributed by atoms with van der Waals surface area (Å²) >= 11 is 0.942. The number of amides is 5. The highest BCUT2D eigenvalue weighted by Crippen LogP contribution is 2.36. The zero-order valence-corrected chi connectivity index (χ0v) is 23.8. The first-order valence-corrected chi connectivity index (χ1v) is 13.9. The van der Waals surface area contributed by atoms with E-state index in [1.165, 1.54) is 12.1 Å². The Bertz CT molecular complexity index is 1490. The first kappa shape index (κ1) is 31.7. The first-order valence-electron chi connectivity index (χ1n) is 13.1. The summed E-state index contributed by atoms with van der Waals surface area (Å²) in [5, 5.41) is 9.80. The molecule has 1 fully saturated rings. The molecule has 0 unspecified atom stereocenters. The quantitative estimate of drug-likeness (QED) is 0.170. The third kappa shape index (κ3) is 8.39. The van der Waals surface area contributed by atoms with E-state index in [1.807, 2.05) is 0 Å². The van der Waals surface area contributed by atoms with Crippen molar-refractivity contribution in [3.8, 4) is 10.4 Å². The molecule has 2 aromatic carbocycles. The number of aryl methyl sites for hydroxylation is 1. The fourth-order valence-corrected chi connectivity index (χ4v) is 5.28. The van der Waals surface area contributed by atoms with E-state index >= 15 is 0 Å². The third-order valence-electron chi connectivity index (χ3n) is 6.48. The van der Waals surface area contributed by atoms with Gasteiger partial charge in [0.2, 0.25) is 0 Å². The second-order valence-electron chi connectivity index (χ2n) is 9.59. The van der Waals surface area contributed by atoms with E-state index in [1.54, 1.807) is 13.0 Å². The Kier molecular flexibility index (Phi) is 10.2. The monoisotopic (exact) mass is 623 g/mol. The Labute approximate surface area is 247 Å². The number of nitrogens with one attached hydrogen (secondary N) is 4. The van der Waals surface area contributed by atoms with Gasteiger partial charge in [-0.3, -0.25) is 15.0 Å². The highest BCUT2D eigenvalue weighted by atomic mass is 32.1. The number of alkyl halides is 3. The Morgan fingerprint density at radius 2 is 1.79 bits per heavy atom. The van der Waals surface area contributed by atoms with E-state index in [9.17, 15) is 31.9 Å². The maximum absolute atomic E-state index is 14.0. The fourth-order valence-electron chi connectivity index (χ4n) is 4.35. The van der Waals surface area contributed by atoms with Crippen molar-refractivity contribution in [2.75, 3.05) is 55.3 Å². The predicted octanol–water partition coefficient (Wildman–Crippen LogP) is 4.86. The van der Waals surface area contributed by atoms with Gasteiger partial charge in [0.15, 0.2) is 5.82 Å². The summed E-state index contributed by atoms with van der Waals surface area (Å²) in [4.78, 5) is 39.8. The number of nitrogens with zero attached hydrogens (tertiary/aromatic N) is 2. The predicted molar refractivity (Wildman–Crippen MR) is 154 cm³/mol. The number of halogens is 4. The van der Waals surface area contributed by atoms with Crippen LogP contribution >= 0.6 is 11.5 Å². The number of urea groups is 2. The molecule has 230 valence electrons. The Morgan fingerprint density at radius 3 is 2.47 bits per heavy atom. The molecule has 0 bridgehead atoms. The molecule has 0 atom stereocenters. The number of ether oxygens (including phenoxy) is 1. The number of carbonyl (C=O) groups is 3. The number of nitrogens with two attached hydrogens (primary N) is 1. The van der Waals surface area contributed by atoms with Crippen molar-refractivity contribution >= 4 is 46.7 Å². The zero-order chi connectivity index (χ0) is 31.1. The highest BCUT2D eigenvalue weighted by Gasteiger charge is 2.31. The van der Waals surface area contributed by atoms with Crippen molar-refractivity contribution in [1.29, 1.82) is 0 Å². The number of hydrogen-bond acceptors (Lipinski definition) is 7. The molecule has 0 aliphatic carbocycles. The molecule has 16 heteroatoms. The van der Waals surface area contributed by atoms with Crippen LogP contribution in [0.25, 0.3) is 10.4 Å². The van der Waals surface area contributed by atoms with Crippen molar-refractivity contribution in [2.45, 2.75) is 19.5 Å². The highest BCUT2D eigenvalue weighted by molar-refractivity contribution is 7.10. The second kappa shape index (κ2) is 13.8. The Hall–Kier alpha value is -4.28. The van der Waals surface area contributed by atoms with Crippen LogP contribution in [0.5, 0.6) is 0 Å². The minimum atomic E-state index is -4.71. The summed E-state index contributed by atoms with van der Waals surface area (Å²) < 4.78 is 62.4. The number of anilines is 3. The molecule has 3 aromatic rings. The first-order chi connectivity index (χ1) is 20.4.